The first-order valence-corrected chi connectivity index (χ1v) is 8.18. The van der Waals surface area contributed by atoms with Crippen LogP contribution in [0.25, 0.3) is 10.4 Å². The van der Waals surface area contributed by atoms with Crippen molar-refractivity contribution in [3.05, 3.63) is 46.3 Å². The van der Waals surface area contributed by atoms with Crippen molar-refractivity contribution in [3.63, 3.8) is 0 Å². The van der Waals surface area contributed by atoms with E-state index in [0.29, 0.717) is 19.4 Å². The van der Waals surface area contributed by atoms with E-state index in [1.165, 1.54) is 4.90 Å². The van der Waals surface area contributed by atoms with Crippen molar-refractivity contribution in [1.82, 2.24) is 4.90 Å². The largest absolute Gasteiger partial charge is 0.447 e. The van der Waals surface area contributed by atoms with Gasteiger partial charge in [0, 0.05) is 17.4 Å². The molecule has 0 aliphatic carbocycles. The molecular weight excluding hydrogens is 308 g/mol. The number of carbonyl (C=O) groups excluding carboxylic acids is 2. The van der Waals surface area contributed by atoms with Gasteiger partial charge < -0.3 is 4.74 Å². The van der Waals surface area contributed by atoms with E-state index in [1.54, 1.807) is 0 Å². The fourth-order valence-electron chi connectivity index (χ4n) is 2.81. The monoisotopic (exact) mass is 330 g/mol. The van der Waals surface area contributed by atoms with Gasteiger partial charge >= 0.3 is 6.09 Å². The highest BCUT2D eigenvalue weighted by molar-refractivity contribution is 5.94. The van der Waals surface area contributed by atoms with Crippen LogP contribution >= 0.6 is 0 Å². The topological polar surface area (TPSA) is 95.4 Å². The first-order chi connectivity index (χ1) is 11.6. The molecular formula is C17H22N4O3. The summed E-state index contributed by atoms with van der Waals surface area (Å²) in [7, 11) is 0. The van der Waals surface area contributed by atoms with E-state index in [9.17, 15) is 9.59 Å². The molecule has 1 heterocycles. The average Bonchev–Trinajstić information content (AvgIpc) is 2.95. The minimum Gasteiger partial charge on any atom is -0.447 e. The zero-order chi connectivity index (χ0) is 17.4. The molecule has 1 aromatic carbocycles. The molecule has 7 heteroatoms. The van der Waals surface area contributed by atoms with Crippen molar-refractivity contribution in [1.29, 1.82) is 0 Å². The summed E-state index contributed by atoms with van der Waals surface area (Å²) in [6, 6.07) is 9.51. The summed E-state index contributed by atoms with van der Waals surface area (Å²) < 4.78 is 5.09. The summed E-state index contributed by atoms with van der Waals surface area (Å²) >= 11 is 0. The van der Waals surface area contributed by atoms with Crippen molar-refractivity contribution >= 4 is 12.0 Å². The van der Waals surface area contributed by atoms with Crippen LogP contribution in [-0.4, -0.2) is 36.1 Å². The van der Waals surface area contributed by atoms with Crippen LogP contribution in [0.4, 0.5) is 4.79 Å². The van der Waals surface area contributed by atoms with E-state index in [2.05, 4.69) is 10.0 Å². The number of hydrogen-bond donors (Lipinski definition) is 0. The van der Waals surface area contributed by atoms with E-state index in [1.807, 2.05) is 37.3 Å². The number of benzene rings is 1. The van der Waals surface area contributed by atoms with Gasteiger partial charge in [0.1, 0.15) is 6.61 Å². The Labute approximate surface area is 141 Å². The normalized spacial score (nSPS) is 18.0. The molecule has 0 aromatic heterocycles. The van der Waals surface area contributed by atoms with Gasteiger partial charge in [-0.15, -0.1) is 0 Å². The van der Waals surface area contributed by atoms with Crippen LogP contribution in [-0.2, 0) is 16.0 Å². The fraction of sp³-hybridized carbons (Fsp3) is 0.529. The van der Waals surface area contributed by atoms with Crippen LogP contribution in [0.2, 0.25) is 0 Å². The van der Waals surface area contributed by atoms with Crippen molar-refractivity contribution in [2.75, 3.05) is 13.2 Å². The Morgan fingerprint density at radius 1 is 1.42 bits per heavy atom. The van der Waals surface area contributed by atoms with Crippen molar-refractivity contribution in [2.45, 2.75) is 38.6 Å². The highest BCUT2D eigenvalue weighted by atomic mass is 16.6. The summed E-state index contributed by atoms with van der Waals surface area (Å²) in [6.45, 7) is 2.49. The molecule has 24 heavy (non-hydrogen) atoms. The molecule has 0 spiro atoms. The van der Waals surface area contributed by atoms with Gasteiger partial charge in [-0.3, -0.25) is 4.79 Å². The lowest BCUT2D eigenvalue weighted by Crippen LogP contribution is -2.43. The molecule has 0 N–H and O–H groups in total. The summed E-state index contributed by atoms with van der Waals surface area (Å²) in [5.41, 5.74) is 9.30. The number of ether oxygens (including phenoxy) is 1. The third-order valence-corrected chi connectivity index (χ3v) is 4.14. The average molecular weight is 330 g/mol. The van der Waals surface area contributed by atoms with E-state index in [0.717, 1.165) is 18.4 Å². The Kier molecular flexibility index (Phi) is 6.63. The molecule has 0 bridgehead atoms. The maximum atomic E-state index is 12.6. The Balaban J connectivity index is 1.92. The molecule has 0 saturated carbocycles. The Hall–Kier alpha value is -2.53. The summed E-state index contributed by atoms with van der Waals surface area (Å²) in [5, 5.41) is 3.47. The summed E-state index contributed by atoms with van der Waals surface area (Å²) in [6.07, 6.45) is 2.21. The van der Waals surface area contributed by atoms with Gasteiger partial charge in [0.2, 0.25) is 5.91 Å². The molecule has 1 aliphatic rings. The van der Waals surface area contributed by atoms with Crippen molar-refractivity contribution in [2.24, 2.45) is 11.0 Å². The number of amides is 2. The number of rotatable bonds is 8. The second-order valence-electron chi connectivity index (χ2n) is 5.98. The molecule has 1 aromatic rings. The zero-order valence-electron chi connectivity index (χ0n) is 13.8. The first kappa shape index (κ1) is 17.8. The third-order valence-electron chi connectivity index (χ3n) is 4.14. The highest BCUT2D eigenvalue weighted by Gasteiger charge is 2.39. The number of unbranched alkanes of at least 4 members (excludes halogenated alkanes) is 1. The van der Waals surface area contributed by atoms with Gasteiger partial charge in [-0.2, -0.15) is 0 Å². The summed E-state index contributed by atoms with van der Waals surface area (Å²) in [4.78, 5) is 28.6. The lowest BCUT2D eigenvalue weighted by atomic mass is 10.0. The Bertz CT molecular complexity index is 614. The van der Waals surface area contributed by atoms with Crippen molar-refractivity contribution in [3.8, 4) is 0 Å². The SMILES string of the molecule is C[C@@H](CCCCN=[N+]=[N-])C(=O)N1C(=O)OC[C@@H]1Cc1ccccc1. The number of imide groups is 1. The maximum absolute atomic E-state index is 12.6. The molecule has 2 amide bonds. The minimum atomic E-state index is -0.554. The van der Waals surface area contributed by atoms with Gasteiger partial charge in [0.25, 0.3) is 0 Å². The van der Waals surface area contributed by atoms with Gasteiger partial charge in [-0.05, 0) is 30.4 Å². The van der Waals surface area contributed by atoms with Crippen LogP contribution in [0.3, 0.4) is 0 Å². The third kappa shape index (κ3) is 4.73. The number of cyclic esters (lactones) is 1. The highest BCUT2D eigenvalue weighted by Crippen LogP contribution is 2.22. The predicted molar refractivity (Wildman–Crippen MR) is 89.2 cm³/mol. The lowest BCUT2D eigenvalue weighted by molar-refractivity contribution is -0.133. The number of nitrogens with zero attached hydrogens (tertiary/aromatic N) is 4. The van der Waals surface area contributed by atoms with Gasteiger partial charge in [0.05, 0.1) is 6.04 Å². The maximum Gasteiger partial charge on any atom is 0.416 e. The summed E-state index contributed by atoms with van der Waals surface area (Å²) in [5.74, 6) is -0.456. The number of azide groups is 1. The first-order valence-electron chi connectivity index (χ1n) is 8.18. The van der Waals surface area contributed by atoms with E-state index in [-0.39, 0.29) is 24.5 Å². The van der Waals surface area contributed by atoms with Gasteiger partial charge in [0.15, 0.2) is 0 Å². The van der Waals surface area contributed by atoms with Crippen LogP contribution in [0.15, 0.2) is 35.4 Å². The quantitative estimate of drug-likeness (QED) is 0.315. The van der Waals surface area contributed by atoms with E-state index >= 15 is 0 Å². The molecule has 2 rings (SSSR count). The van der Waals surface area contributed by atoms with E-state index in [4.69, 9.17) is 10.3 Å². The van der Waals surface area contributed by atoms with Crippen LogP contribution < -0.4 is 0 Å². The molecule has 0 unspecified atom stereocenters. The smallest absolute Gasteiger partial charge is 0.416 e. The van der Waals surface area contributed by atoms with Gasteiger partial charge in [-0.25, -0.2) is 9.69 Å². The van der Waals surface area contributed by atoms with Crippen LogP contribution in [0, 0.1) is 5.92 Å². The zero-order valence-corrected chi connectivity index (χ0v) is 13.8. The second-order valence-corrected chi connectivity index (χ2v) is 5.98. The molecule has 0 radical (unpaired) electrons. The minimum absolute atomic E-state index is 0.192. The van der Waals surface area contributed by atoms with E-state index < -0.39 is 6.09 Å². The molecule has 1 saturated heterocycles. The lowest BCUT2D eigenvalue weighted by Gasteiger charge is -2.23. The van der Waals surface area contributed by atoms with Crippen LogP contribution in [0.1, 0.15) is 31.7 Å². The van der Waals surface area contributed by atoms with Crippen molar-refractivity contribution < 1.29 is 14.3 Å². The molecule has 1 fully saturated rings. The molecule has 7 nitrogen and oxygen atoms in total. The molecule has 1 aliphatic heterocycles. The standard InChI is InChI=1S/C17H22N4O3/c1-13(7-5-6-10-19-20-18)16(22)21-15(12-24-17(21)23)11-14-8-3-2-4-9-14/h2-4,8-9,13,15H,5-7,10-12H2,1H3/t13-,15-/m0/s1. The Morgan fingerprint density at radius 3 is 2.88 bits per heavy atom. The number of hydrogen-bond acceptors (Lipinski definition) is 4. The molecule has 128 valence electrons. The Morgan fingerprint density at radius 2 is 2.17 bits per heavy atom. The van der Waals surface area contributed by atoms with Gasteiger partial charge in [-0.1, -0.05) is 48.8 Å². The van der Waals surface area contributed by atoms with Crippen LogP contribution in [0.5, 0.6) is 0 Å². The predicted octanol–water partition coefficient (Wildman–Crippen LogP) is 3.69. The number of carbonyl (C=O) groups is 2. The fourth-order valence-corrected chi connectivity index (χ4v) is 2.81. The molecule has 2 atom stereocenters. The second kappa shape index (κ2) is 8.93.